The summed E-state index contributed by atoms with van der Waals surface area (Å²) in [6, 6.07) is 0.949. The van der Waals surface area contributed by atoms with Crippen molar-refractivity contribution < 1.29 is 0 Å². The number of piperazine rings is 1. The fraction of sp³-hybridized carbons (Fsp3) is 1.00. The number of nitrogens with zero attached hydrogens (tertiary/aromatic N) is 1. The highest BCUT2D eigenvalue weighted by Crippen LogP contribution is 2.01. The number of rotatable bonds is 2. The van der Waals surface area contributed by atoms with Crippen molar-refractivity contribution in [2.24, 2.45) is 5.73 Å². The molecule has 3 nitrogen and oxygen atoms in total. The Hall–Kier alpha value is -0.120. The summed E-state index contributed by atoms with van der Waals surface area (Å²) in [5.74, 6) is 0. The smallest absolute Gasteiger partial charge is 0.0193 e. The Balaban J connectivity index is 2.29. The third-order valence-corrected chi connectivity index (χ3v) is 2.16. The van der Waals surface area contributed by atoms with Gasteiger partial charge in [-0.1, -0.05) is 0 Å². The van der Waals surface area contributed by atoms with Crippen molar-refractivity contribution in [1.82, 2.24) is 10.2 Å². The summed E-state index contributed by atoms with van der Waals surface area (Å²) in [5, 5.41) is 3.36. The highest BCUT2D eigenvalue weighted by atomic mass is 15.2. The molecule has 66 valence electrons. The maximum Gasteiger partial charge on any atom is 0.0193 e. The van der Waals surface area contributed by atoms with Crippen molar-refractivity contribution >= 4 is 0 Å². The Morgan fingerprint density at radius 2 is 2.45 bits per heavy atom. The van der Waals surface area contributed by atoms with Crippen LogP contribution in [0.3, 0.4) is 0 Å². The number of hydrogen-bond donors (Lipinski definition) is 2. The zero-order chi connectivity index (χ0) is 8.27. The molecule has 0 aromatic rings. The first kappa shape index (κ1) is 8.97. The molecule has 2 atom stereocenters. The van der Waals surface area contributed by atoms with Crippen molar-refractivity contribution in [2.75, 3.05) is 26.2 Å². The summed E-state index contributed by atoms with van der Waals surface area (Å²) in [7, 11) is 0. The lowest BCUT2D eigenvalue weighted by Gasteiger charge is -2.34. The van der Waals surface area contributed by atoms with Crippen LogP contribution in [0.25, 0.3) is 0 Å². The van der Waals surface area contributed by atoms with Gasteiger partial charge in [-0.15, -0.1) is 0 Å². The van der Waals surface area contributed by atoms with Crippen molar-refractivity contribution in [3.63, 3.8) is 0 Å². The Kier molecular flexibility index (Phi) is 3.30. The van der Waals surface area contributed by atoms with Crippen molar-refractivity contribution in [3.8, 4) is 0 Å². The van der Waals surface area contributed by atoms with Crippen molar-refractivity contribution in [1.29, 1.82) is 0 Å². The summed E-state index contributed by atoms with van der Waals surface area (Å²) >= 11 is 0. The number of hydrogen-bond acceptors (Lipinski definition) is 3. The summed E-state index contributed by atoms with van der Waals surface area (Å²) in [6.45, 7) is 8.69. The van der Waals surface area contributed by atoms with Gasteiger partial charge in [0.05, 0.1) is 0 Å². The van der Waals surface area contributed by atoms with E-state index in [-0.39, 0.29) is 0 Å². The molecule has 0 aliphatic carbocycles. The maximum absolute atomic E-state index is 5.72. The van der Waals surface area contributed by atoms with Crippen LogP contribution in [0, 0.1) is 0 Å². The molecule has 0 bridgehead atoms. The molecular formula is C8H19N3. The van der Waals surface area contributed by atoms with Crippen molar-refractivity contribution in [3.05, 3.63) is 0 Å². The summed E-state index contributed by atoms with van der Waals surface area (Å²) < 4.78 is 0. The van der Waals surface area contributed by atoms with E-state index in [1.807, 2.05) is 0 Å². The summed E-state index contributed by atoms with van der Waals surface area (Å²) in [4.78, 5) is 2.45. The molecule has 0 radical (unpaired) electrons. The lowest BCUT2D eigenvalue weighted by Crippen LogP contribution is -2.52. The van der Waals surface area contributed by atoms with Gasteiger partial charge in [-0.05, 0) is 13.8 Å². The predicted molar refractivity (Wildman–Crippen MR) is 47.6 cm³/mol. The molecular weight excluding hydrogens is 138 g/mol. The van der Waals surface area contributed by atoms with Crippen LogP contribution in [0.2, 0.25) is 0 Å². The minimum atomic E-state index is 0.301. The van der Waals surface area contributed by atoms with Crippen LogP contribution in [0.15, 0.2) is 0 Å². The minimum Gasteiger partial charge on any atom is -0.327 e. The van der Waals surface area contributed by atoms with Crippen molar-refractivity contribution in [2.45, 2.75) is 25.9 Å². The fourth-order valence-corrected chi connectivity index (χ4v) is 1.52. The Bertz CT molecular complexity index is 114. The van der Waals surface area contributed by atoms with Gasteiger partial charge in [-0.2, -0.15) is 0 Å². The van der Waals surface area contributed by atoms with E-state index in [0.717, 1.165) is 26.2 Å². The predicted octanol–water partition coefficient (Wildman–Crippen LogP) is -0.373. The third-order valence-electron chi connectivity index (χ3n) is 2.16. The first-order chi connectivity index (χ1) is 5.20. The standard InChI is InChI=1S/C8H19N3/c1-7(9)6-11-4-3-10-5-8(11)2/h7-8,10H,3-6,9H2,1-2H3/t7?,8-/m1/s1. The maximum atomic E-state index is 5.72. The van der Waals surface area contributed by atoms with Gasteiger partial charge in [0, 0.05) is 38.3 Å². The van der Waals surface area contributed by atoms with Gasteiger partial charge in [0.15, 0.2) is 0 Å². The molecule has 1 unspecified atom stereocenters. The van der Waals surface area contributed by atoms with Gasteiger partial charge in [0.25, 0.3) is 0 Å². The van der Waals surface area contributed by atoms with Crippen LogP contribution >= 0.6 is 0 Å². The average molecular weight is 157 g/mol. The third kappa shape index (κ3) is 2.77. The molecule has 0 aromatic carbocycles. The lowest BCUT2D eigenvalue weighted by atomic mass is 10.2. The van der Waals surface area contributed by atoms with E-state index in [1.54, 1.807) is 0 Å². The van der Waals surface area contributed by atoms with Gasteiger partial charge in [-0.3, -0.25) is 4.90 Å². The van der Waals surface area contributed by atoms with E-state index in [4.69, 9.17) is 5.73 Å². The van der Waals surface area contributed by atoms with Gasteiger partial charge < -0.3 is 11.1 Å². The summed E-state index contributed by atoms with van der Waals surface area (Å²) in [5.41, 5.74) is 5.72. The minimum absolute atomic E-state index is 0.301. The molecule has 3 N–H and O–H groups in total. The molecule has 1 fully saturated rings. The van der Waals surface area contributed by atoms with E-state index in [2.05, 4.69) is 24.1 Å². The zero-order valence-electron chi connectivity index (χ0n) is 7.51. The largest absolute Gasteiger partial charge is 0.327 e. The SMILES string of the molecule is CC(N)CN1CCNC[C@H]1C. The monoisotopic (exact) mass is 157 g/mol. The highest BCUT2D eigenvalue weighted by molar-refractivity contribution is 4.77. The molecule has 1 aliphatic rings. The van der Waals surface area contributed by atoms with E-state index >= 15 is 0 Å². The van der Waals surface area contributed by atoms with Crippen LogP contribution in [0.5, 0.6) is 0 Å². The quantitative estimate of drug-likeness (QED) is 0.574. The molecule has 1 saturated heterocycles. The topological polar surface area (TPSA) is 41.3 Å². The molecule has 0 amide bonds. The molecule has 3 heteroatoms. The second kappa shape index (κ2) is 4.04. The van der Waals surface area contributed by atoms with Gasteiger partial charge in [0.2, 0.25) is 0 Å². The van der Waals surface area contributed by atoms with Crippen LogP contribution in [-0.4, -0.2) is 43.2 Å². The molecule has 0 aromatic heterocycles. The van der Waals surface area contributed by atoms with Crippen LogP contribution in [0.1, 0.15) is 13.8 Å². The highest BCUT2D eigenvalue weighted by Gasteiger charge is 2.17. The van der Waals surface area contributed by atoms with Crippen LogP contribution in [-0.2, 0) is 0 Å². The first-order valence-corrected chi connectivity index (χ1v) is 4.40. The lowest BCUT2D eigenvalue weighted by molar-refractivity contribution is 0.166. The molecule has 0 spiro atoms. The van der Waals surface area contributed by atoms with Gasteiger partial charge >= 0.3 is 0 Å². The Morgan fingerprint density at radius 1 is 1.73 bits per heavy atom. The Morgan fingerprint density at radius 3 is 3.00 bits per heavy atom. The molecule has 1 rings (SSSR count). The fourth-order valence-electron chi connectivity index (χ4n) is 1.52. The van der Waals surface area contributed by atoms with E-state index in [0.29, 0.717) is 12.1 Å². The van der Waals surface area contributed by atoms with Crippen LogP contribution in [0.4, 0.5) is 0 Å². The van der Waals surface area contributed by atoms with E-state index < -0.39 is 0 Å². The molecule has 0 saturated carbocycles. The molecule has 1 aliphatic heterocycles. The second-order valence-electron chi connectivity index (χ2n) is 3.53. The first-order valence-electron chi connectivity index (χ1n) is 4.40. The Labute approximate surface area is 68.9 Å². The zero-order valence-corrected chi connectivity index (χ0v) is 7.51. The number of nitrogens with one attached hydrogen (secondary N) is 1. The van der Waals surface area contributed by atoms with E-state index in [1.165, 1.54) is 0 Å². The van der Waals surface area contributed by atoms with Gasteiger partial charge in [0.1, 0.15) is 0 Å². The molecule has 11 heavy (non-hydrogen) atoms. The second-order valence-corrected chi connectivity index (χ2v) is 3.53. The number of nitrogens with two attached hydrogens (primary N) is 1. The molecule has 1 heterocycles. The summed E-state index contributed by atoms with van der Waals surface area (Å²) in [6.07, 6.45) is 0. The average Bonchev–Trinajstić information content (AvgIpc) is 1.93. The van der Waals surface area contributed by atoms with E-state index in [9.17, 15) is 0 Å². The normalized spacial score (nSPS) is 30.3. The van der Waals surface area contributed by atoms with Crippen LogP contribution < -0.4 is 11.1 Å². The van der Waals surface area contributed by atoms with Gasteiger partial charge in [-0.25, -0.2) is 0 Å².